The molecule has 2 heterocycles. The van der Waals surface area contributed by atoms with Gasteiger partial charge in [0.1, 0.15) is 11.6 Å². The lowest BCUT2D eigenvalue weighted by Gasteiger charge is -2.32. The molecule has 0 aliphatic carbocycles. The van der Waals surface area contributed by atoms with E-state index in [2.05, 4.69) is 28.4 Å². The highest BCUT2D eigenvalue weighted by atomic mass is 35.5. The van der Waals surface area contributed by atoms with E-state index in [0.717, 1.165) is 77.9 Å². The highest BCUT2D eigenvalue weighted by Crippen LogP contribution is 2.28. The van der Waals surface area contributed by atoms with E-state index >= 15 is 0 Å². The van der Waals surface area contributed by atoms with Gasteiger partial charge in [0.05, 0.1) is 12.6 Å². The molecule has 0 spiro atoms. The molecule has 0 unspecified atom stereocenters. The Hall–Kier alpha value is -3.15. The Bertz CT molecular complexity index is 1250. The number of hydrogen-bond acceptors (Lipinski definition) is 5. The van der Waals surface area contributed by atoms with Gasteiger partial charge in [0, 0.05) is 29.1 Å². The molecule has 3 aromatic carbocycles. The van der Waals surface area contributed by atoms with Crippen LogP contribution in [-0.2, 0) is 6.54 Å². The molecule has 1 fully saturated rings. The maximum atomic E-state index is 6.35. The maximum absolute atomic E-state index is 6.35. The first kappa shape index (κ1) is 22.6. The van der Waals surface area contributed by atoms with Crippen LogP contribution >= 0.6 is 11.6 Å². The molecule has 4 aromatic rings. The Kier molecular flexibility index (Phi) is 6.93. The molecule has 174 valence electrons. The van der Waals surface area contributed by atoms with Crippen LogP contribution in [-0.4, -0.2) is 41.6 Å². The second-order valence-electron chi connectivity index (χ2n) is 8.83. The average molecular weight is 473 g/mol. The molecule has 0 amide bonds. The number of ether oxygens (including phenoxy) is 1. The van der Waals surface area contributed by atoms with Crippen LogP contribution in [0.15, 0.2) is 72.8 Å². The fourth-order valence-corrected chi connectivity index (χ4v) is 4.73. The number of hydrogen-bond donors (Lipinski definition) is 1. The minimum Gasteiger partial charge on any atom is -0.497 e. The molecular formula is C28H29ClN4O. The van der Waals surface area contributed by atoms with Gasteiger partial charge in [-0.2, -0.15) is 0 Å². The second-order valence-corrected chi connectivity index (χ2v) is 9.24. The predicted octanol–water partition coefficient (Wildman–Crippen LogP) is 6.28. The summed E-state index contributed by atoms with van der Waals surface area (Å²) in [5.74, 6) is 3.05. The molecule has 0 radical (unpaired) electrons. The van der Waals surface area contributed by atoms with Gasteiger partial charge >= 0.3 is 0 Å². The van der Waals surface area contributed by atoms with Crippen molar-refractivity contribution in [1.29, 1.82) is 0 Å². The minimum absolute atomic E-state index is 0.612. The third kappa shape index (κ3) is 5.16. The van der Waals surface area contributed by atoms with Crippen molar-refractivity contribution in [1.82, 2.24) is 14.9 Å². The Morgan fingerprint density at radius 1 is 0.941 bits per heavy atom. The summed E-state index contributed by atoms with van der Waals surface area (Å²) in [7, 11) is 1.67. The van der Waals surface area contributed by atoms with Gasteiger partial charge in [-0.15, -0.1) is 0 Å². The number of methoxy groups -OCH3 is 1. The number of likely N-dealkylation sites (tertiary alicyclic amines) is 1. The number of rotatable bonds is 7. The first-order chi connectivity index (χ1) is 16.7. The van der Waals surface area contributed by atoms with Gasteiger partial charge < -0.3 is 10.1 Å². The van der Waals surface area contributed by atoms with Gasteiger partial charge in [0.25, 0.3) is 0 Å². The fraction of sp³-hybridized carbons (Fsp3) is 0.286. The number of aromatic nitrogens is 2. The van der Waals surface area contributed by atoms with Crippen molar-refractivity contribution >= 4 is 28.3 Å². The van der Waals surface area contributed by atoms with Crippen LogP contribution in [0.3, 0.4) is 0 Å². The summed E-state index contributed by atoms with van der Waals surface area (Å²) in [6.07, 6.45) is 2.32. The van der Waals surface area contributed by atoms with Crippen molar-refractivity contribution in [2.75, 3.05) is 32.1 Å². The van der Waals surface area contributed by atoms with E-state index in [9.17, 15) is 0 Å². The van der Waals surface area contributed by atoms with Gasteiger partial charge in [-0.05, 0) is 79.9 Å². The minimum atomic E-state index is 0.612. The Morgan fingerprint density at radius 3 is 2.44 bits per heavy atom. The topological polar surface area (TPSA) is 50.3 Å². The van der Waals surface area contributed by atoms with Crippen molar-refractivity contribution in [2.45, 2.75) is 19.4 Å². The zero-order chi connectivity index (χ0) is 23.3. The van der Waals surface area contributed by atoms with E-state index in [4.69, 9.17) is 26.3 Å². The lowest BCUT2D eigenvalue weighted by Crippen LogP contribution is -2.35. The molecule has 1 saturated heterocycles. The summed E-state index contributed by atoms with van der Waals surface area (Å²) in [6, 6.07) is 24.2. The Balaban J connectivity index is 1.26. The van der Waals surface area contributed by atoms with Crippen molar-refractivity contribution in [3.05, 3.63) is 83.4 Å². The molecule has 6 heteroatoms. The Labute approximate surface area is 205 Å². The number of nitrogens with one attached hydrogen (secondary N) is 1. The summed E-state index contributed by atoms with van der Waals surface area (Å²) in [6.45, 7) is 3.99. The van der Waals surface area contributed by atoms with Crippen LogP contribution in [0.25, 0.3) is 22.3 Å². The monoisotopic (exact) mass is 472 g/mol. The summed E-state index contributed by atoms with van der Waals surface area (Å²) in [5.41, 5.74) is 3.13. The van der Waals surface area contributed by atoms with E-state index < -0.39 is 0 Å². The molecule has 5 nitrogen and oxygen atoms in total. The number of para-hydroxylation sites is 1. The van der Waals surface area contributed by atoms with E-state index in [1.165, 1.54) is 5.56 Å². The quantitative estimate of drug-likeness (QED) is 0.343. The van der Waals surface area contributed by atoms with E-state index in [0.29, 0.717) is 5.92 Å². The van der Waals surface area contributed by atoms with Crippen LogP contribution in [0, 0.1) is 5.92 Å². The number of fused-ring (bicyclic) bond motifs is 1. The van der Waals surface area contributed by atoms with Crippen LogP contribution in [0.1, 0.15) is 18.4 Å². The van der Waals surface area contributed by atoms with E-state index in [1.54, 1.807) is 7.11 Å². The first-order valence-corrected chi connectivity index (χ1v) is 12.2. The summed E-state index contributed by atoms with van der Waals surface area (Å²) in [4.78, 5) is 12.2. The molecule has 1 aromatic heterocycles. The van der Waals surface area contributed by atoms with Gasteiger partial charge in [-0.1, -0.05) is 41.9 Å². The SMILES string of the molecule is COc1ccc(-c2nc(NCC3CCN(Cc4ccccc4Cl)CC3)c3ccccc3n2)cc1. The highest BCUT2D eigenvalue weighted by Gasteiger charge is 2.20. The van der Waals surface area contributed by atoms with Gasteiger partial charge in [0.15, 0.2) is 5.82 Å². The van der Waals surface area contributed by atoms with Crippen molar-refractivity contribution < 1.29 is 4.74 Å². The molecular weight excluding hydrogens is 444 g/mol. The molecule has 1 aliphatic rings. The van der Waals surface area contributed by atoms with Crippen molar-refractivity contribution in [3.8, 4) is 17.1 Å². The van der Waals surface area contributed by atoms with Gasteiger partial charge in [-0.3, -0.25) is 4.90 Å². The molecule has 0 bridgehead atoms. The highest BCUT2D eigenvalue weighted by molar-refractivity contribution is 6.31. The summed E-state index contributed by atoms with van der Waals surface area (Å²) in [5, 5.41) is 5.56. The third-order valence-corrected chi connectivity index (χ3v) is 6.94. The first-order valence-electron chi connectivity index (χ1n) is 11.8. The third-order valence-electron chi connectivity index (χ3n) is 6.57. The normalized spacial score (nSPS) is 14.9. The van der Waals surface area contributed by atoms with Crippen LogP contribution in [0.4, 0.5) is 5.82 Å². The largest absolute Gasteiger partial charge is 0.497 e. The molecule has 1 N–H and O–H groups in total. The predicted molar refractivity (Wildman–Crippen MR) is 139 cm³/mol. The number of piperidine rings is 1. The molecule has 0 saturated carbocycles. The fourth-order valence-electron chi connectivity index (χ4n) is 4.54. The average Bonchev–Trinajstić information content (AvgIpc) is 2.89. The van der Waals surface area contributed by atoms with Crippen LogP contribution in [0.5, 0.6) is 5.75 Å². The lowest BCUT2D eigenvalue weighted by molar-refractivity contribution is 0.182. The number of halogens is 1. The second kappa shape index (κ2) is 10.4. The van der Waals surface area contributed by atoms with E-state index in [1.807, 2.05) is 54.6 Å². The number of benzene rings is 3. The van der Waals surface area contributed by atoms with Crippen LogP contribution in [0.2, 0.25) is 5.02 Å². The zero-order valence-electron chi connectivity index (χ0n) is 19.4. The van der Waals surface area contributed by atoms with Crippen molar-refractivity contribution in [2.24, 2.45) is 5.92 Å². The molecule has 1 aliphatic heterocycles. The molecule has 0 atom stereocenters. The Morgan fingerprint density at radius 2 is 1.68 bits per heavy atom. The van der Waals surface area contributed by atoms with Gasteiger partial charge in [0.2, 0.25) is 0 Å². The lowest BCUT2D eigenvalue weighted by atomic mass is 9.96. The molecule has 34 heavy (non-hydrogen) atoms. The molecule has 5 rings (SSSR count). The van der Waals surface area contributed by atoms with Crippen LogP contribution < -0.4 is 10.1 Å². The maximum Gasteiger partial charge on any atom is 0.162 e. The smallest absolute Gasteiger partial charge is 0.162 e. The summed E-state index contributed by atoms with van der Waals surface area (Å²) < 4.78 is 5.29. The standard InChI is InChI=1S/C28H29ClN4O/c1-34-23-12-10-21(11-13-23)27-31-26-9-5-3-7-24(26)28(32-27)30-18-20-14-16-33(17-15-20)19-22-6-2-4-8-25(22)29/h2-13,20H,14-19H2,1H3,(H,30,31,32). The van der Waals surface area contributed by atoms with E-state index in [-0.39, 0.29) is 0 Å². The summed E-state index contributed by atoms with van der Waals surface area (Å²) >= 11 is 6.35. The zero-order valence-corrected chi connectivity index (χ0v) is 20.1. The number of anilines is 1. The van der Waals surface area contributed by atoms with Gasteiger partial charge in [-0.25, -0.2) is 9.97 Å². The number of nitrogens with zero attached hydrogens (tertiary/aromatic N) is 3. The van der Waals surface area contributed by atoms with Crippen molar-refractivity contribution in [3.63, 3.8) is 0 Å².